The second-order valence-corrected chi connectivity index (χ2v) is 13.9. The van der Waals surface area contributed by atoms with E-state index in [1.165, 1.54) is 12.1 Å². The van der Waals surface area contributed by atoms with E-state index in [9.17, 15) is 2.74 Å². The van der Waals surface area contributed by atoms with E-state index < -0.39 is 0 Å². The molecule has 0 saturated carbocycles. The van der Waals surface area contributed by atoms with Gasteiger partial charge in [0, 0.05) is 54.6 Å². The maximum Gasteiger partial charge on any atom is 0.167 e. The first-order valence-electron chi connectivity index (χ1n) is 21.5. The highest BCUT2D eigenvalue weighted by molar-refractivity contribution is 6.13. The van der Waals surface area contributed by atoms with E-state index in [1.807, 2.05) is 133 Å². The van der Waals surface area contributed by atoms with Crippen molar-refractivity contribution >= 4 is 65.7 Å². The first-order chi connectivity index (χ1) is 30.7. The van der Waals surface area contributed by atoms with Gasteiger partial charge in [0.1, 0.15) is 22.3 Å². The van der Waals surface area contributed by atoms with Crippen molar-refractivity contribution in [1.82, 2.24) is 19.5 Å². The van der Waals surface area contributed by atoms with Crippen molar-refractivity contribution in [2.75, 3.05) is 0 Å². The molecule has 0 bridgehead atoms. The van der Waals surface area contributed by atoms with Crippen LogP contribution in [0.4, 0.5) is 0 Å². The van der Waals surface area contributed by atoms with Gasteiger partial charge < -0.3 is 13.4 Å². The second kappa shape index (κ2) is 12.3. The number of rotatable bonds is 5. The quantitative estimate of drug-likeness (QED) is 0.176. The zero-order valence-electron chi connectivity index (χ0n) is 36.0. The number of fused-ring (bicyclic) bond motifs is 9. The van der Waals surface area contributed by atoms with Crippen LogP contribution < -0.4 is 0 Å². The number of benzene rings is 8. The van der Waals surface area contributed by atoms with Gasteiger partial charge in [0.2, 0.25) is 0 Å². The molecule has 4 aromatic heterocycles. The Morgan fingerprint density at radius 3 is 1.61 bits per heavy atom. The van der Waals surface area contributed by atoms with Crippen LogP contribution in [0, 0.1) is 0 Å². The predicted octanol–water partition coefficient (Wildman–Crippen LogP) is 13.4. The number of aromatic nitrogens is 4. The summed E-state index contributed by atoms with van der Waals surface area (Å²) in [6.45, 7) is 0. The number of hydrogen-bond donors (Lipinski definition) is 0. The van der Waals surface area contributed by atoms with Gasteiger partial charge in [-0.05, 0) is 36.4 Å². The average molecular weight is 737 g/mol. The SMILES string of the molecule is [2H]c1cc([2H])c2c(c1[2H])c1c([2H])c([2H])cc([2H])c1n2-c1cc(-c2nc(-c3ccccc3)nc(-c3cccc4c3oc3ccccc34)n2)ccc1-c1cccc2c1oc1ccccc12. The summed E-state index contributed by atoms with van der Waals surface area (Å²) in [4.78, 5) is 15.2. The third kappa shape index (κ3) is 4.87. The van der Waals surface area contributed by atoms with Crippen LogP contribution in [0.2, 0.25) is 0 Å². The third-order valence-electron chi connectivity index (χ3n) is 10.6. The van der Waals surface area contributed by atoms with Gasteiger partial charge in [0.05, 0.1) is 30.5 Å². The topological polar surface area (TPSA) is 69.9 Å². The van der Waals surface area contributed by atoms with Crippen LogP contribution >= 0.6 is 0 Å². The van der Waals surface area contributed by atoms with Crippen LogP contribution in [-0.4, -0.2) is 19.5 Å². The Kier molecular flexibility index (Phi) is 5.64. The van der Waals surface area contributed by atoms with Crippen molar-refractivity contribution in [1.29, 1.82) is 0 Å². The van der Waals surface area contributed by atoms with Crippen LogP contribution in [0.5, 0.6) is 0 Å². The highest BCUT2D eigenvalue weighted by Gasteiger charge is 2.22. The molecule has 266 valence electrons. The minimum Gasteiger partial charge on any atom is -0.455 e. The zero-order valence-corrected chi connectivity index (χ0v) is 30.0. The molecule has 8 aromatic carbocycles. The summed E-state index contributed by atoms with van der Waals surface area (Å²) in [7, 11) is 0. The molecule has 6 heteroatoms. The molecular weight excluding hydrogens is 701 g/mol. The van der Waals surface area contributed by atoms with E-state index in [2.05, 4.69) is 0 Å². The van der Waals surface area contributed by atoms with Crippen molar-refractivity contribution in [2.45, 2.75) is 0 Å². The lowest BCUT2D eigenvalue weighted by Gasteiger charge is -2.16. The van der Waals surface area contributed by atoms with Crippen molar-refractivity contribution in [3.05, 3.63) is 182 Å². The van der Waals surface area contributed by atoms with Crippen molar-refractivity contribution < 1.29 is 17.1 Å². The van der Waals surface area contributed by atoms with Gasteiger partial charge in [-0.2, -0.15) is 0 Å². The highest BCUT2D eigenvalue weighted by Crippen LogP contribution is 2.42. The van der Waals surface area contributed by atoms with Gasteiger partial charge in [0.15, 0.2) is 17.5 Å². The largest absolute Gasteiger partial charge is 0.455 e. The predicted molar refractivity (Wildman–Crippen MR) is 230 cm³/mol. The van der Waals surface area contributed by atoms with E-state index in [0.717, 1.165) is 38.3 Å². The Balaban J connectivity index is 1.20. The van der Waals surface area contributed by atoms with Crippen LogP contribution in [0.25, 0.3) is 117 Å². The summed E-state index contributed by atoms with van der Waals surface area (Å²) in [5, 5.41) is 4.05. The summed E-state index contributed by atoms with van der Waals surface area (Å²) in [5.74, 6) is 1.16. The lowest BCUT2D eigenvalue weighted by molar-refractivity contribution is 0.669. The number of nitrogens with zero attached hydrogens (tertiary/aromatic N) is 4. The minimum absolute atomic E-state index is 0.0708. The van der Waals surface area contributed by atoms with Gasteiger partial charge in [-0.1, -0.05) is 145 Å². The maximum absolute atomic E-state index is 9.31. The number of furan rings is 2. The highest BCUT2D eigenvalue weighted by atomic mass is 16.3. The smallest absolute Gasteiger partial charge is 0.167 e. The zero-order chi connectivity index (χ0) is 42.7. The summed E-state index contributed by atoms with van der Waals surface area (Å²) < 4.78 is 68.8. The number of para-hydroxylation sites is 6. The Hall–Kier alpha value is -7.83. The Bertz CT molecular complexity index is 3820. The van der Waals surface area contributed by atoms with E-state index in [-0.39, 0.29) is 58.1 Å². The molecule has 12 aromatic rings. The first kappa shape index (κ1) is 26.1. The third-order valence-corrected chi connectivity index (χ3v) is 10.6. The van der Waals surface area contributed by atoms with E-state index >= 15 is 0 Å². The normalized spacial score (nSPS) is 13.3. The second-order valence-electron chi connectivity index (χ2n) is 13.9. The molecule has 0 aliphatic heterocycles. The monoisotopic (exact) mass is 736 g/mol. The van der Waals surface area contributed by atoms with Crippen LogP contribution in [0.1, 0.15) is 8.22 Å². The molecule has 0 saturated heterocycles. The summed E-state index contributed by atoms with van der Waals surface area (Å²) >= 11 is 0. The minimum atomic E-state index is -0.199. The Morgan fingerprint density at radius 1 is 0.404 bits per heavy atom. The Labute approximate surface area is 334 Å². The maximum atomic E-state index is 9.31. The van der Waals surface area contributed by atoms with Crippen LogP contribution in [0.15, 0.2) is 191 Å². The molecule has 0 fully saturated rings. The fraction of sp³-hybridized carbons (Fsp3) is 0. The van der Waals surface area contributed by atoms with E-state index in [0.29, 0.717) is 56.6 Å². The Morgan fingerprint density at radius 2 is 0.947 bits per heavy atom. The van der Waals surface area contributed by atoms with Crippen molar-refractivity contribution in [3.8, 4) is 51.0 Å². The molecular formula is C51H30N4O2. The molecule has 12 rings (SSSR count). The molecule has 0 radical (unpaired) electrons. The van der Waals surface area contributed by atoms with Gasteiger partial charge in [-0.15, -0.1) is 0 Å². The van der Waals surface area contributed by atoms with Gasteiger partial charge in [0.25, 0.3) is 0 Å². The fourth-order valence-electron chi connectivity index (χ4n) is 8.06. The lowest BCUT2D eigenvalue weighted by atomic mass is 9.98. The van der Waals surface area contributed by atoms with Crippen molar-refractivity contribution in [2.24, 2.45) is 0 Å². The van der Waals surface area contributed by atoms with Gasteiger partial charge >= 0.3 is 0 Å². The molecule has 0 amide bonds. The lowest BCUT2D eigenvalue weighted by Crippen LogP contribution is -2.02. The van der Waals surface area contributed by atoms with E-state index in [4.69, 9.17) is 29.3 Å². The fourth-order valence-corrected chi connectivity index (χ4v) is 8.06. The first-order valence-corrected chi connectivity index (χ1v) is 18.5. The summed E-state index contributed by atoms with van der Waals surface area (Å²) in [6, 6.07) is 44.6. The average Bonchev–Trinajstić information content (AvgIpc) is 4.01. The molecule has 0 spiro atoms. The number of hydrogen-bond acceptors (Lipinski definition) is 5. The van der Waals surface area contributed by atoms with Gasteiger partial charge in [-0.25, -0.2) is 15.0 Å². The van der Waals surface area contributed by atoms with Crippen LogP contribution in [0.3, 0.4) is 0 Å². The molecule has 0 aliphatic rings. The molecule has 4 heterocycles. The molecule has 0 atom stereocenters. The molecule has 0 N–H and O–H groups in total. The van der Waals surface area contributed by atoms with Crippen LogP contribution in [-0.2, 0) is 0 Å². The molecule has 57 heavy (non-hydrogen) atoms. The summed E-state index contributed by atoms with van der Waals surface area (Å²) in [5.41, 5.74) is 7.08. The van der Waals surface area contributed by atoms with Crippen molar-refractivity contribution in [3.63, 3.8) is 0 Å². The summed E-state index contributed by atoms with van der Waals surface area (Å²) in [6.07, 6.45) is 0. The molecule has 6 nitrogen and oxygen atoms in total. The molecule has 0 aliphatic carbocycles. The van der Waals surface area contributed by atoms with Gasteiger partial charge in [-0.3, -0.25) is 0 Å². The van der Waals surface area contributed by atoms with E-state index in [1.54, 1.807) is 4.57 Å². The standard InChI is InChI=1S/C51H30N4O2/c1-2-14-31(15-3-1)49-52-50(54-51(53-49)41-23-13-22-40-37-19-7-11-27-46(37)57-48(40)41)32-28-29-35(38-20-12-21-39-36-18-6-10-26-45(36)56-47(38)39)44(30-32)55-42-24-8-4-16-33(42)34-17-5-9-25-43(34)55/h1-30H/i4D,5D,16D,17D,24D,25D. The molecule has 0 unspecified atom stereocenters.